The molecule has 1 unspecified atom stereocenters. The van der Waals surface area contributed by atoms with Crippen LogP contribution >= 0.6 is 0 Å². The summed E-state index contributed by atoms with van der Waals surface area (Å²) in [6, 6.07) is 22.2. The van der Waals surface area contributed by atoms with Gasteiger partial charge in [0.25, 0.3) is 5.91 Å². The molecule has 3 aromatic carbocycles. The molecule has 0 saturated carbocycles. The molecule has 1 atom stereocenters. The fourth-order valence-corrected chi connectivity index (χ4v) is 4.02. The minimum Gasteiger partial charge on any atom is -0.454 e. The summed E-state index contributed by atoms with van der Waals surface area (Å²) < 4.78 is 7.04. The van der Waals surface area contributed by atoms with Crippen molar-refractivity contribution in [3.63, 3.8) is 0 Å². The molecule has 0 bridgehead atoms. The highest BCUT2D eigenvalue weighted by atomic mass is 16.5. The first-order chi connectivity index (χ1) is 16.0. The van der Waals surface area contributed by atoms with Gasteiger partial charge in [0.1, 0.15) is 6.54 Å². The maximum atomic E-state index is 12.8. The van der Waals surface area contributed by atoms with Gasteiger partial charge in [-0.1, -0.05) is 61.0 Å². The topological polar surface area (TPSA) is 77.4 Å². The number of para-hydroxylation sites is 2. The van der Waals surface area contributed by atoms with Crippen LogP contribution in [-0.4, -0.2) is 23.1 Å². The lowest BCUT2D eigenvalue weighted by Gasteiger charge is -2.18. The quantitative estimate of drug-likeness (QED) is 0.342. The molecule has 168 valence electrons. The van der Waals surface area contributed by atoms with Crippen LogP contribution in [0.5, 0.6) is 0 Å². The molecule has 6 heteroatoms. The third-order valence-electron chi connectivity index (χ3n) is 5.75. The zero-order valence-corrected chi connectivity index (χ0v) is 18.7. The molecule has 6 nitrogen and oxygen atoms in total. The van der Waals surface area contributed by atoms with Crippen molar-refractivity contribution in [2.75, 3.05) is 6.61 Å². The van der Waals surface area contributed by atoms with Gasteiger partial charge in [-0.15, -0.1) is 0 Å². The van der Waals surface area contributed by atoms with Crippen molar-refractivity contribution < 1.29 is 14.3 Å². The first kappa shape index (κ1) is 22.3. The van der Waals surface area contributed by atoms with Gasteiger partial charge < -0.3 is 14.6 Å². The highest BCUT2D eigenvalue weighted by Crippen LogP contribution is 2.19. The van der Waals surface area contributed by atoms with Crippen molar-refractivity contribution in [3.8, 4) is 0 Å². The number of hydrogen-bond acceptors (Lipinski definition) is 4. The normalized spacial score (nSPS) is 11.9. The number of carbonyl (C=O) groups excluding carboxylic acids is 2. The van der Waals surface area contributed by atoms with Crippen LogP contribution in [0.15, 0.2) is 77.6 Å². The molecule has 1 aromatic heterocycles. The van der Waals surface area contributed by atoms with E-state index in [1.54, 1.807) is 41.0 Å². The second-order valence-corrected chi connectivity index (χ2v) is 8.05. The molecule has 33 heavy (non-hydrogen) atoms. The summed E-state index contributed by atoms with van der Waals surface area (Å²) >= 11 is 0. The molecule has 0 aliphatic carbocycles. The molecule has 0 spiro atoms. The van der Waals surface area contributed by atoms with Crippen molar-refractivity contribution >= 4 is 33.7 Å². The number of aromatic nitrogens is 1. The molecule has 0 fully saturated rings. The van der Waals surface area contributed by atoms with Gasteiger partial charge in [0.05, 0.1) is 17.1 Å². The zero-order valence-electron chi connectivity index (χ0n) is 18.7. The fraction of sp³-hybridized carbons (Fsp3) is 0.222. The molecule has 1 amide bonds. The Morgan fingerprint density at radius 1 is 0.909 bits per heavy atom. The van der Waals surface area contributed by atoms with E-state index in [1.807, 2.05) is 50.2 Å². The van der Waals surface area contributed by atoms with Crippen molar-refractivity contribution in [2.24, 2.45) is 0 Å². The van der Waals surface area contributed by atoms with E-state index >= 15 is 0 Å². The van der Waals surface area contributed by atoms with Crippen LogP contribution < -0.4 is 10.7 Å². The molecular weight excluding hydrogens is 416 g/mol. The van der Waals surface area contributed by atoms with Crippen LogP contribution in [0.2, 0.25) is 0 Å². The van der Waals surface area contributed by atoms with Crippen molar-refractivity contribution in [2.45, 2.75) is 32.9 Å². The van der Waals surface area contributed by atoms with Gasteiger partial charge in [-0.3, -0.25) is 14.4 Å². The third-order valence-corrected chi connectivity index (χ3v) is 5.75. The Labute approximate surface area is 191 Å². The lowest BCUT2D eigenvalue weighted by molar-refractivity contribution is -0.149. The van der Waals surface area contributed by atoms with E-state index in [1.165, 1.54) is 0 Å². The number of carbonyl (C=O) groups is 2. The average Bonchev–Trinajstić information content (AvgIpc) is 2.84. The zero-order chi connectivity index (χ0) is 23.4. The number of amides is 1. The molecule has 4 aromatic rings. The molecule has 1 heterocycles. The molecule has 1 N–H and O–H groups in total. The van der Waals surface area contributed by atoms with E-state index in [0.717, 1.165) is 17.5 Å². The Morgan fingerprint density at radius 3 is 2.06 bits per heavy atom. The van der Waals surface area contributed by atoms with E-state index in [0.29, 0.717) is 21.8 Å². The Morgan fingerprint density at radius 2 is 1.48 bits per heavy atom. The molecule has 0 saturated heterocycles. The maximum absolute atomic E-state index is 12.8. The number of aryl methyl sites for hydroxylation is 1. The lowest BCUT2D eigenvalue weighted by atomic mass is 10.0. The van der Waals surface area contributed by atoms with Gasteiger partial charge >= 0.3 is 5.97 Å². The Bertz CT molecular complexity index is 1310. The highest BCUT2D eigenvalue weighted by molar-refractivity contribution is 5.94. The van der Waals surface area contributed by atoms with E-state index in [2.05, 4.69) is 5.32 Å². The Balaban J connectivity index is 1.48. The van der Waals surface area contributed by atoms with E-state index in [9.17, 15) is 14.4 Å². The van der Waals surface area contributed by atoms with Crippen LogP contribution in [-0.2, 0) is 20.9 Å². The van der Waals surface area contributed by atoms with Crippen LogP contribution in [0, 0.1) is 6.92 Å². The summed E-state index contributed by atoms with van der Waals surface area (Å²) in [4.78, 5) is 37.9. The van der Waals surface area contributed by atoms with Crippen LogP contribution in [0.1, 0.15) is 30.5 Å². The number of benzene rings is 3. The van der Waals surface area contributed by atoms with Gasteiger partial charge in [-0.2, -0.15) is 0 Å². The predicted octanol–water partition coefficient (Wildman–Crippen LogP) is 4.27. The van der Waals surface area contributed by atoms with E-state index in [-0.39, 0.29) is 30.5 Å². The highest BCUT2D eigenvalue weighted by Gasteiger charge is 2.16. The number of rotatable bonds is 7. The lowest BCUT2D eigenvalue weighted by Crippen LogP contribution is -2.32. The van der Waals surface area contributed by atoms with E-state index in [4.69, 9.17) is 4.74 Å². The Kier molecular flexibility index (Phi) is 6.54. The van der Waals surface area contributed by atoms with Gasteiger partial charge in [-0.25, -0.2) is 0 Å². The molecule has 0 aliphatic heterocycles. The SMILES string of the molecule is CCC(NC(=O)COC(=O)Cn1c2ccccc2c(=O)c2ccccc21)c1ccc(C)cc1. The maximum Gasteiger partial charge on any atom is 0.326 e. The van der Waals surface area contributed by atoms with Crippen LogP contribution in [0.25, 0.3) is 21.8 Å². The number of nitrogens with zero attached hydrogens (tertiary/aromatic N) is 1. The standard InChI is InChI=1S/C27H26N2O4/c1-3-22(19-14-12-18(2)13-15-19)28-25(30)17-33-26(31)16-29-23-10-6-4-8-20(23)27(32)21-9-5-7-11-24(21)29/h4-15,22H,3,16-17H2,1-2H3,(H,28,30). The van der Waals surface area contributed by atoms with Gasteiger partial charge in [-0.05, 0) is 43.2 Å². The molecule has 4 rings (SSSR count). The average molecular weight is 443 g/mol. The summed E-state index contributed by atoms with van der Waals surface area (Å²) in [5.74, 6) is -0.905. The number of esters is 1. The van der Waals surface area contributed by atoms with Crippen LogP contribution in [0.3, 0.4) is 0 Å². The monoisotopic (exact) mass is 442 g/mol. The number of ether oxygens (including phenoxy) is 1. The molecule has 0 radical (unpaired) electrons. The first-order valence-electron chi connectivity index (χ1n) is 11.0. The summed E-state index contributed by atoms with van der Waals surface area (Å²) in [6.45, 7) is 3.53. The molecule has 0 aliphatic rings. The van der Waals surface area contributed by atoms with Gasteiger partial charge in [0.2, 0.25) is 0 Å². The number of fused-ring (bicyclic) bond motifs is 2. The number of hydrogen-bond donors (Lipinski definition) is 1. The Hall–Kier alpha value is -3.93. The van der Waals surface area contributed by atoms with Gasteiger partial charge in [0.15, 0.2) is 12.0 Å². The fourth-order valence-electron chi connectivity index (χ4n) is 4.02. The summed E-state index contributed by atoms with van der Waals surface area (Å²) in [7, 11) is 0. The smallest absolute Gasteiger partial charge is 0.326 e. The van der Waals surface area contributed by atoms with E-state index < -0.39 is 5.97 Å². The summed E-state index contributed by atoms with van der Waals surface area (Å²) in [5.41, 5.74) is 3.37. The van der Waals surface area contributed by atoms with Crippen molar-refractivity contribution in [1.82, 2.24) is 9.88 Å². The molecular formula is C27H26N2O4. The second-order valence-electron chi connectivity index (χ2n) is 8.05. The predicted molar refractivity (Wildman–Crippen MR) is 129 cm³/mol. The summed E-state index contributed by atoms with van der Waals surface area (Å²) in [5, 5.41) is 3.99. The summed E-state index contributed by atoms with van der Waals surface area (Å²) in [6.07, 6.45) is 0.720. The van der Waals surface area contributed by atoms with Crippen molar-refractivity contribution in [1.29, 1.82) is 0 Å². The van der Waals surface area contributed by atoms with Crippen molar-refractivity contribution in [3.05, 3.63) is 94.1 Å². The largest absolute Gasteiger partial charge is 0.454 e. The third kappa shape index (κ3) is 4.80. The van der Waals surface area contributed by atoms with Crippen LogP contribution in [0.4, 0.5) is 0 Å². The number of nitrogens with one attached hydrogen (secondary N) is 1. The first-order valence-corrected chi connectivity index (χ1v) is 11.0. The minimum atomic E-state index is -0.549. The van der Waals surface area contributed by atoms with Gasteiger partial charge in [0, 0.05) is 10.8 Å². The number of pyridine rings is 1. The minimum absolute atomic E-state index is 0.0769. The second kappa shape index (κ2) is 9.69.